The van der Waals surface area contributed by atoms with E-state index in [0.29, 0.717) is 11.6 Å². The van der Waals surface area contributed by atoms with Crippen molar-refractivity contribution in [3.63, 3.8) is 0 Å². The standard InChI is InChI=1S/C18H16BrN3O2/c1-12-2-4-13(5-3-12)16-10-18(24-22-16)21-17(23)11-20-15-8-6-14(19)7-9-15/h2-10,20H,11H2,1H3,(H,21,23). The van der Waals surface area contributed by atoms with Crippen molar-refractivity contribution in [1.29, 1.82) is 0 Å². The van der Waals surface area contributed by atoms with Crippen LogP contribution in [0.15, 0.2) is 63.6 Å². The van der Waals surface area contributed by atoms with E-state index in [-0.39, 0.29) is 12.5 Å². The molecule has 3 rings (SSSR count). The van der Waals surface area contributed by atoms with Gasteiger partial charge < -0.3 is 9.84 Å². The van der Waals surface area contributed by atoms with Gasteiger partial charge in [-0.15, -0.1) is 0 Å². The average Bonchev–Trinajstić information content (AvgIpc) is 3.03. The highest BCUT2D eigenvalue weighted by molar-refractivity contribution is 9.10. The summed E-state index contributed by atoms with van der Waals surface area (Å²) in [6, 6.07) is 17.2. The quantitative estimate of drug-likeness (QED) is 0.679. The summed E-state index contributed by atoms with van der Waals surface area (Å²) in [7, 11) is 0. The van der Waals surface area contributed by atoms with Crippen LogP contribution < -0.4 is 10.6 Å². The number of aromatic nitrogens is 1. The molecule has 2 aromatic carbocycles. The van der Waals surface area contributed by atoms with Gasteiger partial charge >= 0.3 is 0 Å². The highest BCUT2D eigenvalue weighted by Crippen LogP contribution is 2.22. The maximum Gasteiger partial charge on any atom is 0.246 e. The minimum absolute atomic E-state index is 0.141. The molecule has 0 spiro atoms. The lowest BCUT2D eigenvalue weighted by molar-refractivity contribution is -0.114. The number of anilines is 2. The molecule has 1 amide bonds. The topological polar surface area (TPSA) is 67.2 Å². The number of halogens is 1. The number of nitrogens with zero attached hydrogens (tertiary/aromatic N) is 1. The monoisotopic (exact) mass is 385 g/mol. The van der Waals surface area contributed by atoms with Crippen LogP contribution in [0.25, 0.3) is 11.3 Å². The molecule has 5 nitrogen and oxygen atoms in total. The molecule has 122 valence electrons. The summed E-state index contributed by atoms with van der Waals surface area (Å²) in [5.74, 6) is 0.123. The molecular formula is C18H16BrN3O2. The van der Waals surface area contributed by atoms with E-state index in [1.165, 1.54) is 5.56 Å². The largest absolute Gasteiger partial charge is 0.376 e. The third-order valence-corrected chi connectivity index (χ3v) is 3.95. The molecule has 6 heteroatoms. The van der Waals surface area contributed by atoms with Crippen LogP contribution in [0, 0.1) is 6.92 Å². The van der Waals surface area contributed by atoms with Crippen molar-refractivity contribution in [3.05, 3.63) is 64.6 Å². The Hall–Kier alpha value is -2.60. The summed E-state index contributed by atoms with van der Waals surface area (Å²) in [5.41, 5.74) is 3.67. The molecule has 0 fully saturated rings. The molecule has 0 aliphatic heterocycles. The third-order valence-electron chi connectivity index (χ3n) is 3.42. The lowest BCUT2D eigenvalue weighted by Gasteiger charge is -2.05. The fraction of sp³-hybridized carbons (Fsp3) is 0.111. The summed E-state index contributed by atoms with van der Waals surface area (Å²) >= 11 is 3.37. The fourth-order valence-electron chi connectivity index (χ4n) is 2.13. The Morgan fingerprint density at radius 3 is 2.54 bits per heavy atom. The van der Waals surface area contributed by atoms with Crippen molar-refractivity contribution in [2.45, 2.75) is 6.92 Å². The Labute approximate surface area is 148 Å². The van der Waals surface area contributed by atoms with E-state index >= 15 is 0 Å². The predicted molar refractivity (Wildman–Crippen MR) is 97.9 cm³/mol. The van der Waals surface area contributed by atoms with E-state index in [0.717, 1.165) is 15.7 Å². The molecule has 1 aromatic heterocycles. The number of amides is 1. The van der Waals surface area contributed by atoms with Gasteiger partial charge in [-0.25, -0.2) is 0 Å². The Balaban J connectivity index is 1.57. The van der Waals surface area contributed by atoms with Gasteiger partial charge in [-0.3, -0.25) is 10.1 Å². The average molecular weight is 386 g/mol. The van der Waals surface area contributed by atoms with Crippen LogP contribution in [0.4, 0.5) is 11.6 Å². The minimum atomic E-state index is -0.204. The van der Waals surface area contributed by atoms with Crippen molar-refractivity contribution in [3.8, 4) is 11.3 Å². The number of rotatable bonds is 5. The van der Waals surface area contributed by atoms with Crippen LogP contribution in [0.3, 0.4) is 0 Å². The van der Waals surface area contributed by atoms with Gasteiger partial charge in [0, 0.05) is 21.8 Å². The molecule has 0 aliphatic rings. The zero-order chi connectivity index (χ0) is 16.9. The number of carbonyl (C=O) groups is 1. The summed E-state index contributed by atoms with van der Waals surface area (Å²) in [4.78, 5) is 12.0. The number of hydrogen-bond donors (Lipinski definition) is 2. The van der Waals surface area contributed by atoms with Gasteiger partial charge in [-0.05, 0) is 31.2 Å². The first-order chi connectivity index (χ1) is 11.6. The van der Waals surface area contributed by atoms with E-state index in [4.69, 9.17) is 4.52 Å². The lowest BCUT2D eigenvalue weighted by atomic mass is 10.1. The molecular weight excluding hydrogens is 370 g/mol. The second kappa shape index (κ2) is 7.31. The normalized spacial score (nSPS) is 10.4. The SMILES string of the molecule is Cc1ccc(-c2cc(NC(=O)CNc3ccc(Br)cc3)on2)cc1. The Morgan fingerprint density at radius 2 is 1.83 bits per heavy atom. The maximum atomic E-state index is 12.0. The number of carbonyl (C=O) groups excluding carboxylic acids is 1. The molecule has 3 aromatic rings. The van der Waals surface area contributed by atoms with Crippen molar-refractivity contribution >= 4 is 33.4 Å². The minimum Gasteiger partial charge on any atom is -0.376 e. The summed E-state index contributed by atoms with van der Waals surface area (Å²) < 4.78 is 6.16. The van der Waals surface area contributed by atoms with Crippen molar-refractivity contribution in [2.24, 2.45) is 0 Å². The Morgan fingerprint density at radius 1 is 1.12 bits per heavy atom. The maximum absolute atomic E-state index is 12.0. The van der Waals surface area contributed by atoms with Gasteiger partial charge in [0.1, 0.15) is 5.69 Å². The Kier molecular flexibility index (Phi) is 4.96. The second-order valence-corrected chi connectivity index (χ2v) is 6.27. The molecule has 0 unspecified atom stereocenters. The zero-order valence-electron chi connectivity index (χ0n) is 13.0. The zero-order valence-corrected chi connectivity index (χ0v) is 14.6. The first-order valence-corrected chi connectivity index (χ1v) is 8.22. The van der Waals surface area contributed by atoms with Crippen LogP contribution in [0.2, 0.25) is 0 Å². The molecule has 0 bridgehead atoms. The number of benzene rings is 2. The van der Waals surface area contributed by atoms with Gasteiger partial charge in [0.05, 0.1) is 6.54 Å². The Bertz CT molecular complexity index is 826. The molecule has 0 aliphatic carbocycles. The highest BCUT2D eigenvalue weighted by atomic mass is 79.9. The van der Waals surface area contributed by atoms with Crippen molar-refractivity contribution in [2.75, 3.05) is 17.2 Å². The summed E-state index contributed by atoms with van der Waals surface area (Å²) in [6.07, 6.45) is 0. The number of aryl methyl sites for hydroxylation is 1. The first-order valence-electron chi connectivity index (χ1n) is 7.43. The molecule has 0 saturated carbocycles. The smallest absolute Gasteiger partial charge is 0.246 e. The van der Waals surface area contributed by atoms with E-state index in [2.05, 4.69) is 31.7 Å². The van der Waals surface area contributed by atoms with E-state index in [1.807, 2.05) is 55.5 Å². The fourth-order valence-corrected chi connectivity index (χ4v) is 2.39. The van der Waals surface area contributed by atoms with E-state index in [1.54, 1.807) is 6.07 Å². The highest BCUT2D eigenvalue weighted by Gasteiger charge is 2.09. The van der Waals surface area contributed by atoms with Crippen LogP contribution in [-0.2, 0) is 4.79 Å². The van der Waals surface area contributed by atoms with E-state index in [9.17, 15) is 4.79 Å². The summed E-state index contributed by atoms with van der Waals surface area (Å²) in [5, 5.41) is 9.71. The van der Waals surface area contributed by atoms with Crippen molar-refractivity contribution < 1.29 is 9.32 Å². The van der Waals surface area contributed by atoms with Gasteiger partial charge in [-0.2, -0.15) is 0 Å². The van der Waals surface area contributed by atoms with Gasteiger partial charge in [0.15, 0.2) is 0 Å². The van der Waals surface area contributed by atoms with Gasteiger partial charge in [0.25, 0.3) is 0 Å². The molecule has 0 atom stereocenters. The first kappa shape index (κ1) is 16.3. The number of hydrogen-bond acceptors (Lipinski definition) is 4. The van der Waals surface area contributed by atoms with Crippen LogP contribution in [0.1, 0.15) is 5.56 Å². The number of nitrogens with one attached hydrogen (secondary N) is 2. The molecule has 24 heavy (non-hydrogen) atoms. The van der Waals surface area contributed by atoms with Gasteiger partial charge in [-0.1, -0.05) is 50.9 Å². The summed E-state index contributed by atoms with van der Waals surface area (Å²) in [6.45, 7) is 2.17. The van der Waals surface area contributed by atoms with E-state index < -0.39 is 0 Å². The third kappa shape index (κ3) is 4.23. The van der Waals surface area contributed by atoms with Gasteiger partial charge in [0.2, 0.25) is 11.8 Å². The molecule has 0 saturated heterocycles. The second-order valence-electron chi connectivity index (χ2n) is 5.35. The van der Waals surface area contributed by atoms with Crippen LogP contribution in [-0.4, -0.2) is 17.6 Å². The molecule has 2 N–H and O–H groups in total. The van der Waals surface area contributed by atoms with Crippen molar-refractivity contribution in [1.82, 2.24) is 5.16 Å². The molecule has 1 heterocycles. The van der Waals surface area contributed by atoms with Crippen LogP contribution >= 0.6 is 15.9 Å². The molecule has 0 radical (unpaired) electrons. The van der Waals surface area contributed by atoms with Crippen LogP contribution in [0.5, 0.6) is 0 Å². The predicted octanol–water partition coefficient (Wildman–Crippen LogP) is 4.46. The lowest BCUT2D eigenvalue weighted by Crippen LogP contribution is -2.21.